The van der Waals surface area contributed by atoms with Gasteiger partial charge in [-0.25, -0.2) is 0 Å². The van der Waals surface area contributed by atoms with Gasteiger partial charge in [0.2, 0.25) is 0 Å². The van der Waals surface area contributed by atoms with Crippen LogP contribution in [0.1, 0.15) is 18.1 Å². The number of ether oxygens (including phenoxy) is 1. The lowest BCUT2D eigenvalue weighted by atomic mass is 10.1. The molecule has 0 amide bonds. The average molecular weight is 225 g/mol. The van der Waals surface area contributed by atoms with Gasteiger partial charge in [0.1, 0.15) is 6.61 Å². The van der Waals surface area contributed by atoms with Crippen molar-refractivity contribution in [3.05, 3.63) is 33.4 Å². The zero-order chi connectivity index (χ0) is 12.3. The first-order chi connectivity index (χ1) is 7.43. The van der Waals surface area contributed by atoms with Crippen LogP contribution in [-0.2, 0) is 0 Å². The van der Waals surface area contributed by atoms with Crippen LogP contribution in [0.4, 0.5) is 5.69 Å². The number of nitro groups is 1. The van der Waals surface area contributed by atoms with Crippen LogP contribution in [0.25, 0.3) is 0 Å². The molecule has 1 unspecified atom stereocenters. The molecule has 1 N–H and O–H groups in total. The highest BCUT2D eigenvalue weighted by Crippen LogP contribution is 2.32. The standard InChI is InChI=1S/C11H15NO4/c1-7-4-5-10(12(14)15)11(9(7)3)16-6-8(2)13/h4-5,8,13H,6H2,1-3H3. The Bertz CT molecular complexity index is 401. The van der Waals surface area contributed by atoms with E-state index in [1.807, 2.05) is 6.92 Å². The van der Waals surface area contributed by atoms with Crippen LogP contribution in [0.15, 0.2) is 12.1 Å². The van der Waals surface area contributed by atoms with Gasteiger partial charge in [0, 0.05) is 11.6 Å². The van der Waals surface area contributed by atoms with Crippen LogP contribution in [0.2, 0.25) is 0 Å². The molecule has 5 nitrogen and oxygen atoms in total. The van der Waals surface area contributed by atoms with E-state index in [9.17, 15) is 10.1 Å². The van der Waals surface area contributed by atoms with Gasteiger partial charge in [-0.3, -0.25) is 10.1 Å². The summed E-state index contributed by atoms with van der Waals surface area (Å²) in [6.45, 7) is 5.23. The number of nitrogens with zero attached hydrogens (tertiary/aromatic N) is 1. The Balaban J connectivity index is 3.11. The van der Waals surface area contributed by atoms with Gasteiger partial charge >= 0.3 is 5.69 Å². The van der Waals surface area contributed by atoms with Gasteiger partial charge in [-0.1, -0.05) is 6.07 Å². The predicted octanol–water partition coefficient (Wildman–Crippen LogP) is 1.97. The molecule has 1 rings (SSSR count). The SMILES string of the molecule is Cc1ccc([N+](=O)[O-])c(OCC(C)O)c1C. The molecule has 5 heteroatoms. The minimum absolute atomic E-state index is 0.0468. The summed E-state index contributed by atoms with van der Waals surface area (Å²) in [7, 11) is 0. The van der Waals surface area contributed by atoms with Crippen molar-refractivity contribution in [1.29, 1.82) is 0 Å². The topological polar surface area (TPSA) is 72.6 Å². The molecule has 1 atom stereocenters. The van der Waals surface area contributed by atoms with Crippen molar-refractivity contribution in [3.63, 3.8) is 0 Å². The van der Waals surface area contributed by atoms with Crippen LogP contribution in [0.3, 0.4) is 0 Å². The van der Waals surface area contributed by atoms with Gasteiger partial charge in [0.15, 0.2) is 5.75 Å². The molecule has 0 aliphatic heterocycles. The van der Waals surface area contributed by atoms with E-state index in [0.717, 1.165) is 11.1 Å². The van der Waals surface area contributed by atoms with Crippen molar-refractivity contribution in [3.8, 4) is 5.75 Å². The van der Waals surface area contributed by atoms with E-state index in [2.05, 4.69) is 0 Å². The highest BCUT2D eigenvalue weighted by atomic mass is 16.6. The van der Waals surface area contributed by atoms with Gasteiger partial charge in [-0.05, 0) is 26.3 Å². The number of benzene rings is 1. The maximum Gasteiger partial charge on any atom is 0.311 e. The lowest BCUT2D eigenvalue weighted by molar-refractivity contribution is -0.386. The fourth-order valence-electron chi connectivity index (χ4n) is 1.31. The number of nitro benzene ring substituents is 1. The van der Waals surface area contributed by atoms with E-state index in [4.69, 9.17) is 9.84 Å². The Labute approximate surface area is 93.8 Å². The van der Waals surface area contributed by atoms with Gasteiger partial charge < -0.3 is 9.84 Å². The molecule has 16 heavy (non-hydrogen) atoms. The number of rotatable bonds is 4. The van der Waals surface area contributed by atoms with E-state index in [-0.39, 0.29) is 18.0 Å². The van der Waals surface area contributed by atoms with E-state index in [1.165, 1.54) is 6.07 Å². The number of aliphatic hydroxyl groups excluding tert-OH is 1. The second-order valence-electron chi connectivity index (χ2n) is 3.77. The first-order valence-electron chi connectivity index (χ1n) is 4.99. The first-order valence-corrected chi connectivity index (χ1v) is 4.99. The highest BCUT2D eigenvalue weighted by Gasteiger charge is 2.19. The molecule has 0 spiro atoms. The number of aryl methyl sites for hydroxylation is 1. The minimum atomic E-state index is -0.653. The molecular weight excluding hydrogens is 210 g/mol. The summed E-state index contributed by atoms with van der Waals surface area (Å²) in [4.78, 5) is 10.3. The summed E-state index contributed by atoms with van der Waals surface area (Å²) >= 11 is 0. The molecule has 0 bridgehead atoms. The van der Waals surface area contributed by atoms with Crippen LogP contribution in [-0.4, -0.2) is 22.7 Å². The summed E-state index contributed by atoms with van der Waals surface area (Å²) in [6.07, 6.45) is -0.653. The van der Waals surface area contributed by atoms with E-state index < -0.39 is 11.0 Å². The number of aliphatic hydroxyl groups is 1. The maximum absolute atomic E-state index is 10.8. The van der Waals surface area contributed by atoms with Crippen molar-refractivity contribution in [2.24, 2.45) is 0 Å². The fraction of sp³-hybridized carbons (Fsp3) is 0.455. The molecule has 0 saturated carbocycles. The quantitative estimate of drug-likeness (QED) is 0.628. The molecule has 1 aromatic rings. The van der Waals surface area contributed by atoms with Crippen molar-refractivity contribution >= 4 is 5.69 Å². The lowest BCUT2D eigenvalue weighted by Gasteiger charge is -2.12. The average Bonchev–Trinajstić information content (AvgIpc) is 2.19. The third-order valence-corrected chi connectivity index (χ3v) is 2.32. The predicted molar refractivity (Wildman–Crippen MR) is 59.7 cm³/mol. The Morgan fingerprint density at radius 2 is 2.12 bits per heavy atom. The summed E-state index contributed by atoms with van der Waals surface area (Å²) in [5.41, 5.74) is 1.59. The Kier molecular flexibility index (Phi) is 3.84. The van der Waals surface area contributed by atoms with Crippen LogP contribution in [0, 0.1) is 24.0 Å². The largest absolute Gasteiger partial charge is 0.484 e. The van der Waals surface area contributed by atoms with Crippen molar-refractivity contribution in [2.45, 2.75) is 26.9 Å². The van der Waals surface area contributed by atoms with E-state index in [1.54, 1.807) is 19.9 Å². The molecule has 1 aromatic carbocycles. The van der Waals surface area contributed by atoms with Crippen molar-refractivity contribution in [2.75, 3.05) is 6.61 Å². The molecular formula is C11H15NO4. The lowest BCUT2D eigenvalue weighted by Crippen LogP contribution is -2.14. The summed E-state index contributed by atoms with van der Waals surface area (Å²) in [6, 6.07) is 3.10. The summed E-state index contributed by atoms with van der Waals surface area (Å²) in [5.74, 6) is 0.242. The third-order valence-electron chi connectivity index (χ3n) is 2.32. The molecule has 0 aliphatic carbocycles. The third kappa shape index (κ3) is 2.70. The molecule has 0 aliphatic rings. The van der Waals surface area contributed by atoms with Gasteiger partial charge in [0.25, 0.3) is 0 Å². The van der Waals surface area contributed by atoms with E-state index >= 15 is 0 Å². The first kappa shape index (κ1) is 12.4. The molecule has 0 saturated heterocycles. The Morgan fingerprint density at radius 3 is 2.62 bits per heavy atom. The summed E-state index contributed by atoms with van der Waals surface area (Å²) < 4.78 is 5.28. The second kappa shape index (κ2) is 4.94. The molecule has 0 heterocycles. The molecule has 0 radical (unpaired) electrons. The molecule has 0 aromatic heterocycles. The van der Waals surface area contributed by atoms with Crippen LogP contribution < -0.4 is 4.74 Å². The molecule has 88 valence electrons. The zero-order valence-electron chi connectivity index (χ0n) is 9.56. The monoisotopic (exact) mass is 225 g/mol. The van der Waals surface area contributed by atoms with Crippen LogP contribution in [0.5, 0.6) is 5.75 Å². The van der Waals surface area contributed by atoms with Gasteiger partial charge in [-0.2, -0.15) is 0 Å². The Morgan fingerprint density at radius 1 is 1.50 bits per heavy atom. The summed E-state index contributed by atoms with van der Waals surface area (Å²) in [5, 5.41) is 19.9. The zero-order valence-corrected chi connectivity index (χ0v) is 9.56. The van der Waals surface area contributed by atoms with Crippen molar-refractivity contribution < 1.29 is 14.8 Å². The fourth-order valence-corrected chi connectivity index (χ4v) is 1.31. The maximum atomic E-state index is 10.8. The van der Waals surface area contributed by atoms with Gasteiger partial charge in [0.05, 0.1) is 11.0 Å². The minimum Gasteiger partial charge on any atom is -0.484 e. The van der Waals surface area contributed by atoms with Crippen LogP contribution >= 0.6 is 0 Å². The van der Waals surface area contributed by atoms with Gasteiger partial charge in [-0.15, -0.1) is 0 Å². The smallest absolute Gasteiger partial charge is 0.311 e. The number of hydrogen-bond donors (Lipinski definition) is 1. The molecule has 0 fully saturated rings. The normalized spacial score (nSPS) is 12.2. The Hall–Kier alpha value is -1.62. The number of hydrogen-bond acceptors (Lipinski definition) is 4. The van der Waals surface area contributed by atoms with Crippen molar-refractivity contribution in [1.82, 2.24) is 0 Å². The van der Waals surface area contributed by atoms with E-state index in [0.29, 0.717) is 0 Å². The highest BCUT2D eigenvalue weighted by molar-refractivity contribution is 5.54. The second-order valence-corrected chi connectivity index (χ2v) is 3.77.